The van der Waals surface area contributed by atoms with Crippen molar-refractivity contribution >= 4 is 28.2 Å². The minimum atomic E-state index is -0.712. The standard InChI is InChI=1S/C35H38F2N6O5/c1-35(2)32(34(44)40-23-7-5-22(36)6-8-23)33(35)43(45)41-24-9-10-29(26(37)19-24)48-28-11-12-39-27-21-31(30(46-3)20-25(27)28)47-18-4-15-42-16-13-38-14-17-42/h5-12,19-21,32-33,38H,4,13-18H2,1-3H3,(H-,40,41,44,45)/p+1/t32-,33-/m0/s1. The van der Waals surface area contributed by atoms with Crippen LogP contribution in [0.15, 0.2) is 66.9 Å². The molecule has 3 aromatic carbocycles. The number of methoxy groups -OCH3 is 1. The number of amides is 1. The van der Waals surface area contributed by atoms with Gasteiger partial charge >= 0.3 is 0 Å². The lowest BCUT2D eigenvalue weighted by molar-refractivity contribution is -0.540. The molecule has 0 radical (unpaired) electrons. The summed E-state index contributed by atoms with van der Waals surface area (Å²) in [6.07, 6.45) is 2.44. The van der Waals surface area contributed by atoms with Gasteiger partial charge in [0.1, 0.15) is 28.0 Å². The minimum Gasteiger partial charge on any atom is -0.493 e. The molecule has 13 heteroatoms. The van der Waals surface area contributed by atoms with Gasteiger partial charge in [-0.15, -0.1) is 5.43 Å². The molecule has 3 N–H and O–H groups in total. The Labute approximate surface area is 277 Å². The number of hydrogen-bond donors (Lipinski definition) is 3. The second-order valence-corrected chi connectivity index (χ2v) is 12.5. The number of rotatable bonds is 13. The predicted octanol–water partition coefficient (Wildman–Crippen LogP) is 5.76. The molecule has 1 amide bonds. The van der Waals surface area contributed by atoms with Crippen LogP contribution in [0.4, 0.5) is 20.2 Å². The number of nitrogens with one attached hydrogen (secondary N) is 3. The van der Waals surface area contributed by atoms with Gasteiger partial charge in [-0.05, 0) is 55.0 Å². The fourth-order valence-corrected chi connectivity index (χ4v) is 6.15. The van der Waals surface area contributed by atoms with Crippen molar-refractivity contribution in [1.82, 2.24) is 15.2 Å². The summed E-state index contributed by atoms with van der Waals surface area (Å²) in [6.45, 7) is 9.14. The number of carbonyl (C=O) groups is 1. The zero-order valence-electron chi connectivity index (χ0n) is 27.1. The maximum absolute atomic E-state index is 15.3. The number of nitrogens with zero attached hydrogens (tertiary/aromatic N) is 3. The van der Waals surface area contributed by atoms with Crippen LogP contribution in [0.3, 0.4) is 0 Å². The molecular formula is C35H39F2N6O5+. The summed E-state index contributed by atoms with van der Waals surface area (Å²) in [5, 5.41) is 6.68. The molecule has 0 spiro atoms. The molecule has 11 nitrogen and oxygen atoms in total. The molecule has 0 unspecified atom stereocenters. The maximum Gasteiger partial charge on any atom is 0.253 e. The topological polar surface area (TPSA) is 117 Å². The summed E-state index contributed by atoms with van der Waals surface area (Å²) in [6, 6.07) is 13.9. The molecule has 2 fully saturated rings. The SMILES string of the molecule is COc1cc2c(Oc3ccc(N[N+](=O)[C@H]4[C@@H](C(=O)Nc5ccc(F)cc5)C4(C)C)cc3F)ccnc2cc1OCCCN1CCNCC1. The van der Waals surface area contributed by atoms with Crippen molar-refractivity contribution in [2.75, 3.05) is 57.2 Å². The summed E-state index contributed by atoms with van der Waals surface area (Å²) < 4.78 is 46.2. The highest BCUT2D eigenvalue weighted by atomic mass is 19.1. The van der Waals surface area contributed by atoms with Gasteiger partial charge in [0, 0.05) is 62.1 Å². The van der Waals surface area contributed by atoms with Crippen molar-refractivity contribution in [3.05, 3.63) is 83.4 Å². The number of carbonyl (C=O) groups excluding carboxylic acids is 1. The van der Waals surface area contributed by atoms with Crippen molar-refractivity contribution in [3.8, 4) is 23.0 Å². The van der Waals surface area contributed by atoms with E-state index in [0.29, 0.717) is 45.3 Å². The molecule has 1 aliphatic heterocycles. The van der Waals surface area contributed by atoms with E-state index >= 15 is 4.39 Å². The smallest absolute Gasteiger partial charge is 0.253 e. The van der Waals surface area contributed by atoms with E-state index in [9.17, 15) is 14.1 Å². The van der Waals surface area contributed by atoms with E-state index in [0.717, 1.165) is 45.2 Å². The van der Waals surface area contributed by atoms with Gasteiger partial charge in [0.15, 0.2) is 23.1 Å². The van der Waals surface area contributed by atoms with Gasteiger partial charge in [-0.2, -0.15) is 0 Å². The van der Waals surface area contributed by atoms with Crippen molar-refractivity contribution in [2.24, 2.45) is 11.3 Å². The lowest BCUT2D eigenvalue weighted by atomic mass is 10.1. The summed E-state index contributed by atoms with van der Waals surface area (Å²) in [7, 11) is 1.55. The van der Waals surface area contributed by atoms with Gasteiger partial charge < -0.3 is 29.7 Å². The molecule has 0 bridgehead atoms. The van der Waals surface area contributed by atoms with Gasteiger partial charge in [0.05, 0.1) is 29.6 Å². The molecular weight excluding hydrogens is 622 g/mol. The normalized spacial score (nSPS) is 18.6. The third-order valence-electron chi connectivity index (χ3n) is 8.88. The summed E-state index contributed by atoms with van der Waals surface area (Å²) >= 11 is 0. The number of benzene rings is 3. The number of ether oxygens (including phenoxy) is 3. The van der Waals surface area contributed by atoms with Crippen LogP contribution in [0.25, 0.3) is 10.9 Å². The molecule has 2 atom stereocenters. The zero-order valence-corrected chi connectivity index (χ0v) is 27.1. The Morgan fingerprint density at radius 2 is 1.75 bits per heavy atom. The highest BCUT2D eigenvalue weighted by Crippen LogP contribution is 2.54. The van der Waals surface area contributed by atoms with Crippen LogP contribution < -0.4 is 30.3 Å². The summed E-state index contributed by atoms with van der Waals surface area (Å²) in [5.41, 5.74) is 3.20. The average Bonchev–Trinajstić information content (AvgIpc) is 3.67. The second-order valence-electron chi connectivity index (χ2n) is 12.5. The Balaban J connectivity index is 1.09. The van der Waals surface area contributed by atoms with E-state index in [4.69, 9.17) is 14.2 Å². The van der Waals surface area contributed by atoms with E-state index in [1.807, 2.05) is 0 Å². The quantitative estimate of drug-likeness (QED) is 0.0935. The Morgan fingerprint density at radius 3 is 2.48 bits per heavy atom. The van der Waals surface area contributed by atoms with Gasteiger partial charge in [-0.1, -0.05) is 13.8 Å². The van der Waals surface area contributed by atoms with Crippen LogP contribution in [0, 0.1) is 27.9 Å². The first-order valence-corrected chi connectivity index (χ1v) is 15.9. The number of nitroso groups, excluding NO2 is 1. The highest BCUT2D eigenvalue weighted by Gasteiger charge is 2.73. The first-order valence-electron chi connectivity index (χ1n) is 15.9. The lowest BCUT2D eigenvalue weighted by Crippen LogP contribution is -2.43. The Kier molecular flexibility index (Phi) is 9.69. The molecule has 1 aromatic heterocycles. The largest absolute Gasteiger partial charge is 0.493 e. The van der Waals surface area contributed by atoms with Gasteiger partial charge in [-0.25, -0.2) is 8.78 Å². The average molecular weight is 662 g/mol. The number of pyridine rings is 1. The van der Waals surface area contributed by atoms with E-state index < -0.39 is 29.0 Å². The minimum absolute atomic E-state index is 0.0546. The lowest BCUT2D eigenvalue weighted by Gasteiger charge is -2.27. The molecule has 252 valence electrons. The monoisotopic (exact) mass is 661 g/mol. The summed E-state index contributed by atoms with van der Waals surface area (Å²) in [4.78, 5) is 33.4. The number of anilines is 2. The molecule has 1 saturated carbocycles. The van der Waals surface area contributed by atoms with Crippen molar-refractivity contribution < 1.29 is 32.7 Å². The fourth-order valence-electron chi connectivity index (χ4n) is 6.15. The number of piperazine rings is 1. The van der Waals surface area contributed by atoms with E-state index in [-0.39, 0.29) is 17.3 Å². The predicted molar refractivity (Wildman–Crippen MR) is 178 cm³/mol. The number of halogens is 2. The first-order chi connectivity index (χ1) is 23.1. The molecule has 6 rings (SSSR count). The Morgan fingerprint density at radius 1 is 1.00 bits per heavy atom. The molecule has 2 heterocycles. The van der Waals surface area contributed by atoms with E-state index in [1.54, 1.807) is 45.4 Å². The highest BCUT2D eigenvalue weighted by molar-refractivity contribution is 5.95. The van der Waals surface area contributed by atoms with E-state index in [1.165, 1.54) is 36.4 Å². The van der Waals surface area contributed by atoms with Crippen molar-refractivity contribution in [2.45, 2.75) is 26.3 Å². The third kappa shape index (κ3) is 7.32. The zero-order chi connectivity index (χ0) is 33.8. The Hall–Kier alpha value is -4.88. The van der Waals surface area contributed by atoms with Crippen LogP contribution >= 0.6 is 0 Å². The molecule has 2 aliphatic rings. The number of fused-ring (bicyclic) bond motifs is 1. The van der Waals surface area contributed by atoms with Crippen LogP contribution in [-0.4, -0.2) is 73.1 Å². The van der Waals surface area contributed by atoms with Crippen LogP contribution in [0.5, 0.6) is 23.0 Å². The number of hydrazine groups is 1. The van der Waals surface area contributed by atoms with Gasteiger partial charge in [0.25, 0.3) is 6.04 Å². The molecule has 48 heavy (non-hydrogen) atoms. The van der Waals surface area contributed by atoms with Crippen molar-refractivity contribution in [1.29, 1.82) is 0 Å². The summed E-state index contributed by atoms with van der Waals surface area (Å²) in [5.74, 6) is -0.740. The third-order valence-corrected chi connectivity index (χ3v) is 8.88. The molecule has 1 saturated heterocycles. The first kappa shape index (κ1) is 33.0. The van der Waals surface area contributed by atoms with Crippen molar-refractivity contribution in [3.63, 3.8) is 0 Å². The van der Waals surface area contributed by atoms with Crippen LogP contribution in [0.1, 0.15) is 20.3 Å². The van der Waals surface area contributed by atoms with Crippen LogP contribution in [-0.2, 0) is 4.79 Å². The maximum atomic E-state index is 15.3. The molecule has 4 aromatic rings. The van der Waals surface area contributed by atoms with Gasteiger partial charge in [-0.3, -0.25) is 9.78 Å². The van der Waals surface area contributed by atoms with Gasteiger partial charge in [0.2, 0.25) is 5.91 Å². The van der Waals surface area contributed by atoms with E-state index in [2.05, 4.69) is 25.9 Å². The Bertz CT molecular complexity index is 1800. The number of hydrogen-bond acceptors (Lipinski definition) is 8. The molecule has 1 aliphatic carbocycles. The fraction of sp³-hybridized carbons (Fsp3) is 0.371. The second kappa shape index (κ2) is 14.1. The number of aromatic nitrogens is 1. The van der Waals surface area contributed by atoms with Crippen LogP contribution in [0.2, 0.25) is 0 Å².